The maximum absolute atomic E-state index is 11.7. The summed E-state index contributed by atoms with van der Waals surface area (Å²) in [5, 5.41) is 0. The minimum absolute atomic E-state index is 0.0151. The average molecular weight is 225 g/mol. The molecule has 1 aromatic carbocycles. The van der Waals surface area contributed by atoms with Crippen LogP contribution in [0.4, 0.5) is 0 Å². The second-order valence-corrected chi connectivity index (χ2v) is 5.91. The number of hydrogen-bond acceptors (Lipinski definition) is 2. The average Bonchev–Trinajstić information content (AvgIpc) is 2.17. The van der Waals surface area contributed by atoms with Crippen LogP contribution in [0.1, 0.15) is 5.56 Å². The fourth-order valence-electron chi connectivity index (χ4n) is 0.923. The first-order valence-corrected chi connectivity index (χ1v) is 6.35. The van der Waals surface area contributed by atoms with E-state index in [0.717, 1.165) is 5.56 Å². The Balaban J connectivity index is 3.26. The van der Waals surface area contributed by atoms with Crippen LogP contribution in [0.5, 0.6) is 0 Å². The quantitative estimate of drug-likeness (QED) is 0.725. The minimum atomic E-state index is -3.44. The van der Waals surface area contributed by atoms with Gasteiger partial charge in [0.15, 0.2) is 0 Å². The first kappa shape index (κ1) is 11.2. The maximum atomic E-state index is 11.7. The molecular weight excluding hydrogens is 215 g/mol. The zero-order valence-electron chi connectivity index (χ0n) is 7.77. The van der Waals surface area contributed by atoms with Gasteiger partial charge in [-0.15, -0.1) is 0 Å². The molecule has 0 spiro atoms. The van der Waals surface area contributed by atoms with E-state index in [9.17, 15) is 8.42 Å². The molecule has 0 aliphatic heterocycles. The molecule has 0 fully saturated rings. The van der Waals surface area contributed by atoms with Gasteiger partial charge in [-0.25, -0.2) is 0 Å². The van der Waals surface area contributed by atoms with Crippen molar-refractivity contribution in [3.05, 3.63) is 41.1 Å². The Morgan fingerprint density at radius 1 is 1.36 bits per heavy atom. The summed E-state index contributed by atoms with van der Waals surface area (Å²) in [6.07, 6.45) is 5.22. The monoisotopic (exact) mass is 225 g/mol. The number of rotatable bonds is 2. The van der Waals surface area contributed by atoms with E-state index < -0.39 is 9.84 Å². The van der Waals surface area contributed by atoms with Gasteiger partial charge < -0.3 is 0 Å². The summed E-state index contributed by atoms with van der Waals surface area (Å²) in [4.78, 5) is 0.242. The van der Waals surface area contributed by atoms with E-state index in [1.165, 1.54) is 0 Å². The summed E-state index contributed by atoms with van der Waals surface area (Å²) in [6.45, 7) is 5.31. The Hall–Kier alpha value is -0.880. The molecule has 0 saturated heterocycles. The van der Waals surface area contributed by atoms with Crippen molar-refractivity contribution in [2.45, 2.75) is 11.8 Å². The molecule has 1 aromatic rings. The molecule has 0 atom stereocenters. The van der Waals surface area contributed by atoms with Gasteiger partial charge >= 0.3 is 85.3 Å². The molecule has 1 rings (SSSR count). The molecule has 4 heteroatoms. The van der Waals surface area contributed by atoms with Crippen LogP contribution in [0.25, 0.3) is 0 Å². The van der Waals surface area contributed by atoms with Gasteiger partial charge in [-0.1, -0.05) is 0 Å². The zero-order chi connectivity index (χ0) is 10.8. The SMILES string of the molecule is C#[P+]C(=C)S(=O)(=O)c1ccc(C)cc1. The van der Waals surface area contributed by atoms with Gasteiger partial charge in [0.2, 0.25) is 0 Å². The third kappa shape index (κ3) is 2.13. The summed E-state index contributed by atoms with van der Waals surface area (Å²) < 4.78 is 23.4. The van der Waals surface area contributed by atoms with Crippen molar-refractivity contribution >= 4 is 17.9 Å². The molecule has 14 heavy (non-hydrogen) atoms. The first-order valence-electron chi connectivity index (χ1n) is 3.90. The van der Waals surface area contributed by atoms with Crippen LogP contribution in [0, 0.1) is 13.1 Å². The topological polar surface area (TPSA) is 34.1 Å². The first-order chi connectivity index (χ1) is 6.48. The molecular formula is C10H10O2PS+. The van der Waals surface area contributed by atoms with Crippen molar-refractivity contribution in [2.75, 3.05) is 0 Å². The molecule has 0 aliphatic rings. The summed E-state index contributed by atoms with van der Waals surface area (Å²) >= 11 is 0. The Kier molecular flexibility index (Phi) is 3.28. The van der Waals surface area contributed by atoms with Crippen LogP contribution >= 0.6 is 8.04 Å². The van der Waals surface area contributed by atoms with Crippen LogP contribution in [0.2, 0.25) is 0 Å². The van der Waals surface area contributed by atoms with E-state index in [0.29, 0.717) is 0 Å². The van der Waals surface area contributed by atoms with E-state index in [1.807, 2.05) is 6.92 Å². The molecule has 0 bridgehead atoms. The predicted octanol–water partition coefficient (Wildman–Crippen LogP) is 2.78. The van der Waals surface area contributed by atoms with Crippen LogP contribution in [0.15, 0.2) is 40.4 Å². The van der Waals surface area contributed by atoms with Crippen LogP contribution in [-0.4, -0.2) is 8.42 Å². The Morgan fingerprint density at radius 2 is 1.86 bits per heavy atom. The van der Waals surface area contributed by atoms with Crippen molar-refractivity contribution in [2.24, 2.45) is 0 Å². The van der Waals surface area contributed by atoms with Gasteiger partial charge in [-0.05, 0) is 0 Å². The number of benzene rings is 1. The second-order valence-electron chi connectivity index (χ2n) is 2.84. The summed E-state index contributed by atoms with van der Waals surface area (Å²) in [5.74, 6) is 0. The molecule has 0 aliphatic carbocycles. The van der Waals surface area contributed by atoms with E-state index in [2.05, 4.69) is 6.58 Å². The summed E-state index contributed by atoms with van der Waals surface area (Å²) in [7, 11) is -3.25. The van der Waals surface area contributed by atoms with Crippen molar-refractivity contribution in [1.29, 1.82) is 0 Å². The van der Waals surface area contributed by atoms with Crippen molar-refractivity contribution < 1.29 is 8.42 Å². The van der Waals surface area contributed by atoms with Gasteiger partial charge in [0.05, 0.1) is 0 Å². The molecule has 2 nitrogen and oxygen atoms in total. The molecule has 0 N–H and O–H groups in total. The number of hydrogen-bond donors (Lipinski definition) is 0. The fourth-order valence-corrected chi connectivity index (χ4v) is 2.56. The molecule has 0 amide bonds. The number of aryl methyl sites for hydroxylation is 1. The summed E-state index contributed by atoms with van der Waals surface area (Å²) in [5.41, 5.74) is 1.01. The van der Waals surface area contributed by atoms with Crippen molar-refractivity contribution in [3.63, 3.8) is 0 Å². The van der Waals surface area contributed by atoms with E-state index in [1.54, 1.807) is 24.3 Å². The van der Waals surface area contributed by atoms with Crippen molar-refractivity contribution in [3.8, 4) is 6.13 Å². The van der Waals surface area contributed by atoms with Gasteiger partial charge in [0.1, 0.15) is 0 Å². The second kappa shape index (κ2) is 4.10. The molecule has 72 valence electrons. The van der Waals surface area contributed by atoms with E-state index >= 15 is 0 Å². The van der Waals surface area contributed by atoms with E-state index in [-0.39, 0.29) is 17.6 Å². The molecule has 0 unspecified atom stereocenters. The fraction of sp³-hybridized carbons (Fsp3) is 0.100. The number of sulfone groups is 1. The van der Waals surface area contributed by atoms with Gasteiger partial charge in [0.25, 0.3) is 0 Å². The Morgan fingerprint density at radius 3 is 2.29 bits per heavy atom. The van der Waals surface area contributed by atoms with Crippen LogP contribution < -0.4 is 0 Å². The third-order valence-corrected chi connectivity index (χ3v) is 4.62. The summed E-state index contributed by atoms with van der Waals surface area (Å²) in [6, 6.07) is 6.60. The van der Waals surface area contributed by atoms with Gasteiger partial charge in [0, 0.05) is 0 Å². The van der Waals surface area contributed by atoms with Crippen LogP contribution in [-0.2, 0) is 9.84 Å². The standard InChI is InChI=1S/C10H10O2PS/c1-8-4-6-10(7-5-8)14(11,12)9(2)13-3/h3-7H,2H2,1H3/q+1. The van der Waals surface area contributed by atoms with Gasteiger partial charge in [-0.2, -0.15) is 0 Å². The molecule has 0 radical (unpaired) electrons. The molecule has 0 saturated carbocycles. The normalized spacial score (nSPS) is 10.9. The molecule has 0 aromatic heterocycles. The van der Waals surface area contributed by atoms with Gasteiger partial charge in [-0.3, -0.25) is 0 Å². The Bertz CT molecular complexity index is 492. The van der Waals surface area contributed by atoms with Crippen LogP contribution in [0.3, 0.4) is 0 Å². The zero-order valence-corrected chi connectivity index (χ0v) is 9.48. The third-order valence-electron chi connectivity index (χ3n) is 1.79. The molecule has 0 heterocycles. The van der Waals surface area contributed by atoms with Crippen molar-refractivity contribution in [1.82, 2.24) is 0 Å². The Labute approximate surface area is 85.7 Å². The van der Waals surface area contributed by atoms with E-state index in [4.69, 9.17) is 6.13 Å². The predicted molar refractivity (Wildman–Crippen MR) is 59.4 cm³/mol.